The van der Waals surface area contributed by atoms with Crippen LogP contribution in [0.1, 0.15) is 16.9 Å². The van der Waals surface area contributed by atoms with Crippen LogP contribution in [0.3, 0.4) is 0 Å². The summed E-state index contributed by atoms with van der Waals surface area (Å²) in [6.07, 6.45) is -1.09. The zero-order valence-corrected chi connectivity index (χ0v) is 9.66. The van der Waals surface area contributed by atoms with Gasteiger partial charge in [-0.05, 0) is 13.1 Å². The van der Waals surface area contributed by atoms with E-state index in [0.717, 1.165) is 18.0 Å². The molecule has 0 saturated heterocycles. The van der Waals surface area contributed by atoms with E-state index in [-0.39, 0.29) is 6.54 Å². The Morgan fingerprint density at radius 3 is 2.83 bits per heavy atom. The maximum atomic E-state index is 12.4. The molecule has 18 heavy (non-hydrogen) atoms. The molecule has 0 radical (unpaired) electrons. The molecule has 98 valence electrons. The molecule has 1 N–H and O–H groups in total. The van der Waals surface area contributed by atoms with Gasteiger partial charge in [-0.1, -0.05) is 0 Å². The third-order valence-corrected chi connectivity index (χ3v) is 2.47. The molecule has 0 saturated carbocycles. The lowest BCUT2D eigenvalue weighted by Gasteiger charge is -2.03. The van der Waals surface area contributed by atoms with Crippen LogP contribution in [0.4, 0.5) is 13.2 Å². The molecular weight excluding hydrogens is 247 g/mol. The summed E-state index contributed by atoms with van der Waals surface area (Å²) in [5.41, 5.74) is 0.144. The van der Waals surface area contributed by atoms with Gasteiger partial charge >= 0.3 is 6.18 Å². The van der Waals surface area contributed by atoms with Gasteiger partial charge in [-0.15, -0.1) is 0 Å². The van der Waals surface area contributed by atoms with Gasteiger partial charge in [0.15, 0.2) is 0 Å². The molecule has 0 amide bonds. The lowest BCUT2D eigenvalue weighted by atomic mass is 10.2. The van der Waals surface area contributed by atoms with Gasteiger partial charge in [0.25, 0.3) is 0 Å². The molecule has 4 nitrogen and oxygen atoms in total. The monoisotopic (exact) mass is 259 g/mol. The topological polar surface area (TPSA) is 43.0 Å². The minimum atomic E-state index is -4.37. The highest BCUT2D eigenvalue weighted by molar-refractivity contribution is 5.18. The van der Waals surface area contributed by atoms with Crippen molar-refractivity contribution in [3.8, 4) is 0 Å². The Balaban J connectivity index is 2.14. The third kappa shape index (κ3) is 2.73. The summed E-state index contributed by atoms with van der Waals surface area (Å²) in [5.74, 6) is 0.598. The lowest BCUT2D eigenvalue weighted by Crippen LogP contribution is -2.08. The number of nitrogens with one attached hydrogen (secondary N) is 1. The van der Waals surface area contributed by atoms with Crippen molar-refractivity contribution in [1.29, 1.82) is 0 Å². The van der Waals surface area contributed by atoms with Crippen LogP contribution in [0.25, 0.3) is 0 Å². The van der Waals surface area contributed by atoms with Crippen LogP contribution < -0.4 is 5.32 Å². The number of hydrogen-bond acceptors (Lipinski definition) is 3. The second-order valence-electron chi connectivity index (χ2n) is 3.82. The van der Waals surface area contributed by atoms with Gasteiger partial charge < -0.3 is 9.73 Å². The van der Waals surface area contributed by atoms with Crippen LogP contribution in [0.2, 0.25) is 0 Å². The van der Waals surface area contributed by atoms with Gasteiger partial charge in [-0.2, -0.15) is 18.3 Å². The first-order valence-electron chi connectivity index (χ1n) is 5.30. The van der Waals surface area contributed by atoms with Gasteiger partial charge in [0.05, 0.1) is 24.6 Å². The molecule has 0 aromatic carbocycles. The van der Waals surface area contributed by atoms with E-state index in [0.29, 0.717) is 12.3 Å². The van der Waals surface area contributed by atoms with Crippen molar-refractivity contribution in [2.24, 2.45) is 0 Å². The Morgan fingerprint density at radius 1 is 1.44 bits per heavy atom. The fourth-order valence-electron chi connectivity index (χ4n) is 1.60. The molecule has 0 atom stereocenters. The maximum absolute atomic E-state index is 12.4. The molecule has 2 rings (SSSR count). The van der Waals surface area contributed by atoms with Crippen LogP contribution in [-0.4, -0.2) is 16.8 Å². The zero-order valence-electron chi connectivity index (χ0n) is 9.66. The van der Waals surface area contributed by atoms with Crippen molar-refractivity contribution in [3.05, 3.63) is 41.6 Å². The second kappa shape index (κ2) is 4.85. The highest BCUT2D eigenvalue weighted by atomic mass is 19.4. The SMILES string of the molecule is CNCc1ccoc1Cn1cc(C(F)(F)F)cn1. The summed E-state index contributed by atoms with van der Waals surface area (Å²) in [4.78, 5) is 0. The smallest absolute Gasteiger partial charge is 0.419 e. The van der Waals surface area contributed by atoms with Gasteiger partial charge in [0.1, 0.15) is 5.76 Å². The van der Waals surface area contributed by atoms with Crippen molar-refractivity contribution in [2.75, 3.05) is 7.05 Å². The summed E-state index contributed by atoms with van der Waals surface area (Å²) in [5, 5.41) is 6.63. The number of alkyl halides is 3. The first kappa shape index (κ1) is 12.7. The van der Waals surface area contributed by atoms with Crippen molar-refractivity contribution in [1.82, 2.24) is 15.1 Å². The van der Waals surface area contributed by atoms with E-state index in [9.17, 15) is 13.2 Å². The molecule has 0 aliphatic carbocycles. The summed E-state index contributed by atoms with van der Waals surface area (Å²) >= 11 is 0. The molecule has 0 aliphatic heterocycles. The van der Waals surface area contributed by atoms with Crippen molar-refractivity contribution in [3.63, 3.8) is 0 Å². The molecule has 2 aromatic rings. The molecule has 2 aromatic heterocycles. The van der Waals surface area contributed by atoms with E-state index < -0.39 is 11.7 Å². The Hall–Kier alpha value is -1.76. The van der Waals surface area contributed by atoms with E-state index in [1.807, 2.05) is 0 Å². The number of halogens is 3. The van der Waals surface area contributed by atoms with Crippen LogP contribution in [0.5, 0.6) is 0 Å². The van der Waals surface area contributed by atoms with E-state index >= 15 is 0 Å². The van der Waals surface area contributed by atoms with Crippen molar-refractivity contribution >= 4 is 0 Å². The maximum Gasteiger partial charge on any atom is 0.419 e. The van der Waals surface area contributed by atoms with Crippen LogP contribution in [-0.2, 0) is 19.3 Å². The highest BCUT2D eigenvalue weighted by Crippen LogP contribution is 2.28. The molecule has 0 spiro atoms. The van der Waals surface area contributed by atoms with Crippen LogP contribution in [0.15, 0.2) is 29.1 Å². The first-order chi connectivity index (χ1) is 8.50. The van der Waals surface area contributed by atoms with Gasteiger partial charge in [-0.25, -0.2) is 0 Å². The minimum absolute atomic E-state index is 0.181. The molecular formula is C11H12F3N3O. The number of hydrogen-bond donors (Lipinski definition) is 1. The molecule has 2 heterocycles. The van der Waals surface area contributed by atoms with Gasteiger partial charge in [0.2, 0.25) is 0 Å². The first-order valence-corrected chi connectivity index (χ1v) is 5.30. The third-order valence-electron chi connectivity index (χ3n) is 2.47. The van der Waals surface area contributed by atoms with Gasteiger partial charge in [0, 0.05) is 18.3 Å². The predicted octanol–water partition coefficient (Wildman–Crippen LogP) is 2.26. The van der Waals surface area contributed by atoms with E-state index in [4.69, 9.17) is 4.42 Å². The molecule has 0 unspecified atom stereocenters. The summed E-state index contributed by atoms with van der Waals surface area (Å²) in [7, 11) is 1.78. The number of aromatic nitrogens is 2. The highest BCUT2D eigenvalue weighted by Gasteiger charge is 2.32. The quantitative estimate of drug-likeness (QED) is 0.915. The molecule has 0 fully saturated rings. The van der Waals surface area contributed by atoms with Crippen molar-refractivity contribution < 1.29 is 17.6 Å². The largest absolute Gasteiger partial charge is 0.467 e. The fraction of sp³-hybridized carbons (Fsp3) is 0.364. The predicted molar refractivity (Wildman–Crippen MR) is 57.8 cm³/mol. The Kier molecular flexibility index (Phi) is 3.42. The van der Waals surface area contributed by atoms with Crippen molar-refractivity contribution in [2.45, 2.75) is 19.3 Å². The Bertz CT molecular complexity index is 516. The summed E-state index contributed by atoms with van der Waals surface area (Å²) < 4.78 is 43.6. The number of furan rings is 1. The molecule has 0 aliphatic rings. The molecule has 7 heteroatoms. The van der Waals surface area contributed by atoms with Crippen LogP contribution >= 0.6 is 0 Å². The minimum Gasteiger partial charge on any atom is -0.467 e. The summed E-state index contributed by atoms with van der Waals surface area (Å²) in [6, 6.07) is 1.78. The Morgan fingerprint density at radius 2 is 2.22 bits per heavy atom. The molecule has 0 bridgehead atoms. The number of rotatable bonds is 4. The second-order valence-corrected chi connectivity index (χ2v) is 3.82. The van der Waals surface area contributed by atoms with Gasteiger partial charge in [-0.3, -0.25) is 4.68 Å². The zero-order chi connectivity index (χ0) is 13.2. The van der Waals surface area contributed by atoms with E-state index in [1.165, 1.54) is 10.9 Å². The normalized spacial score (nSPS) is 12.0. The van der Waals surface area contributed by atoms with Crippen LogP contribution in [0, 0.1) is 0 Å². The standard InChI is InChI=1S/C11H12F3N3O/c1-15-4-8-2-3-18-10(8)7-17-6-9(5-16-17)11(12,13)14/h2-3,5-6,15H,4,7H2,1H3. The van der Waals surface area contributed by atoms with E-state index in [1.54, 1.807) is 13.1 Å². The lowest BCUT2D eigenvalue weighted by molar-refractivity contribution is -0.137. The van der Waals surface area contributed by atoms with E-state index in [2.05, 4.69) is 10.4 Å². The average molecular weight is 259 g/mol. The fourth-order valence-corrected chi connectivity index (χ4v) is 1.60. The summed E-state index contributed by atoms with van der Waals surface area (Å²) in [6.45, 7) is 0.777. The number of nitrogens with zero attached hydrogens (tertiary/aromatic N) is 2. The average Bonchev–Trinajstić information content (AvgIpc) is 2.89. The Labute approximate surface area is 101 Å².